The first-order valence-corrected chi connectivity index (χ1v) is 8.28. The highest BCUT2D eigenvalue weighted by molar-refractivity contribution is 5.79. The van der Waals surface area contributed by atoms with Gasteiger partial charge < -0.3 is 27.8 Å². The van der Waals surface area contributed by atoms with Crippen LogP contribution in [0.3, 0.4) is 0 Å². The van der Waals surface area contributed by atoms with E-state index in [-0.39, 0.29) is 23.5 Å². The number of ketones is 2. The number of nitrogens with one attached hydrogen (secondary N) is 2. The summed E-state index contributed by atoms with van der Waals surface area (Å²) in [5.74, 6) is 1.52. The molecule has 0 bridgehead atoms. The highest BCUT2D eigenvalue weighted by atomic mass is 16.1. The minimum atomic E-state index is -0.0853. The van der Waals surface area contributed by atoms with Crippen LogP contribution in [0.25, 0.3) is 0 Å². The van der Waals surface area contributed by atoms with E-state index in [1.54, 1.807) is 13.8 Å². The van der Waals surface area contributed by atoms with Crippen LogP contribution in [-0.2, 0) is 9.59 Å². The average Bonchev–Trinajstić information content (AvgIpc) is 2.47. The van der Waals surface area contributed by atoms with Gasteiger partial charge in [0.15, 0.2) is 5.78 Å². The Hall–Kier alpha value is -2.02. The summed E-state index contributed by atoms with van der Waals surface area (Å²) in [5.41, 5.74) is 14.3. The number of carbonyl (C=O) groups is 2. The second kappa shape index (κ2) is 14.6. The topological polar surface area (TPSA) is 138 Å². The number of rotatable bonds is 12. The van der Waals surface area contributed by atoms with Gasteiger partial charge >= 0.3 is 0 Å². The SMILES string of the molecule is C=C(N)NCCC[C@H](C)C(C)=O.C=C(N)NCCC[C@H]([NH3+])C(C)=O. The third-order valence-electron chi connectivity index (χ3n) is 3.52. The van der Waals surface area contributed by atoms with Crippen LogP contribution >= 0.6 is 0 Å². The van der Waals surface area contributed by atoms with E-state index in [0.29, 0.717) is 11.6 Å². The van der Waals surface area contributed by atoms with Gasteiger partial charge in [0.05, 0.1) is 11.6 Å². The summed E-state index contributed by atoms with van der Waals surface area (Å²) in [6.07, 6.45) is 3.56. The molecule has 0 aliphatic rings. The fourth-order valence-corrected chi connectivity index (χ4v) is 1.66. The lowest BCUT2D eigenvalue weighted by Crippen LogP contribution is -2.64. The van der Waals surface area contributed by atoms with Gasteiger partial charge in [0, 0.05) is 32.4 Å². The molecule has 0 radical (unpaired) electrons. The first kappa shape index (κ1) is 24.2. The van der Waals surface area contributed by atoms with E-state index >= 15 is 0 Å². The molecule has 0 saturated heterocycles. The van der Waals surface area contributed by atoms with E-state index in [1.807, 2.05) is 6.92 Å². The number of hydrogen-bond donors (Lipinski definition) is 5. The van der Waals surface area contributed by atoms with Crippen molar-refractivity contribution >= 4 is 11.6 Å². The molecule has 9 N–H and O–H groups in total. The molecule has 0 heterocycles. The smallest absolute Gasteiger partial charge is 0.186 e. The zero-order chi connectivity index (χ0) is 19.1. The molecule has 0 aliphatic carbocycles. The number of nitrogens with two attached hydrogens (primary N) is 2. The van der Waals surface area contributed by atoms with Crippen molar-refractivity contribution in [3.8, 4) is 0 Å². The fraction of sp³-hybridized carbons (Fsp3) is 0.647. The van der Waals surface area contributed by atoms with Crippen molar-refractivity contribution in [3.63, 3.8) is 0 Å². The molecule has 0 spiro atoms. The highest BCUT2D eigenvalue weighted by Gasteiger charge is 2.10. The molecule has 0 unspecified atom stereocenters. The summed E-state index contributed by atoms with van der Waals surface area (Å²) in [4.78, 5) is 21.6. The third-order valence-corrected chi connectivity index (χ3v) is 3.52. The van der Waals surface area contributed by atoms with Crippen molar-refractivity contribution in [2.24, 2.45) is 17.4 Å². The van der Waals surface area contributed by atoms with Crippen LogP contribution in [0.15, 0.2) is 24.8 Å². The number of carbonyl (C=O) groups excluding carboxylic acids is 2. The molecule has 2 atom stereocenters. The maximum Gasteiger partial charge on any atom is 0.186 e. The average molecular weight is 343 g/mol. The van der Waals surface area contributed by atoms with Crippen LogP contribution in [0.4, 0.5) is 0 Å². The molecular weight excluding hydrogens is 306 g/mol. The van der Waals surface area contributed by atoms with Gasteiger partial charge in [-0.05, 0) is 26.2 Å². The Morgan fingerprint density at radius 3 is 1.71 bits per heavy atom. The van der Waals surface area contributed by atoms with Gasteiger partial charge in [0.25, 0.3) is 0 Å². The predicted octanol–water partition coefficient (Wildman–Crippen LogP) is -0.00320. The lowest BCUT2D eigenvalue weighted by Gasteiger charge is -2.08. The standard InChI is InChI=1S/C9H18N2O.C8H17N3O/c1-7(8(2)12)5-4-6-11-9(3)10;1-6(12)8(10)4-3-5-11-7(2)9/h7,11H,3-6,10H2,1-2H3;8,11H,2-5,9-10H2,1H3/p+1/t7-;8-/m00/s1. The molecule has 0 fully saturated rings. The van der Waals surface area contributed by atoms with Gasteiger partial charge in [0.1, 0.15) is 11.8 Å². The van der Waals surface area contributed by atoms with Crippen molar-refractivity contribution in [1.29, 1.82) is 0 Å². The van der Waals surface area contributed by atoms with Crippen molar-refractivity contribution in [1.82, 2.24) is 10.6 Å². The largest absolute Gasteiger partial charge is 0.386 e. The van der Waals surface area contributed by atoms with Gasteiger partial charge in [-0.3, -0.25) is 9.59 Å². The summed E-state index contributed by atoms with van der Waals surface area (Å²) in [6.45, 7) is 13.7. The van der Waals surface area contributed by atoms with Crippen LogP contribution in [0.1, 0.15) is 46.5 Å². The van der Waals surface area contributed by atoms with E-state index < -0.39 is 0 Å². The van der Waals surface area contributed by atoms with E-state index in [0.717, 1.165) is 38.8 Å². The summed E-state index contributed by atoms with van der Waals surface area (Å²) < 4.78 is 0. The molecular formula is C17H36N5O2+. The Morgan fingerprint density at radius 1 is 0.958 bits per heavy atom. The van der Waals surface area contributed by atoms with Crippen LogP contribution in [0.5, 0.6) is 0 Å². The summed E-state index contributed by atoms with van der Waals surface area (Å²) in [7, 11) is 0. The second-order valence-electron chi connectivity index (χ2n) is 6.01. The molecule has 24 heavy (non-hydrogen) atoms. The first-order valence-electron chi connectivity index (χ1n) is 8.28. The minimum Gasteiger partial charge on any atom is -0.386 e. The van der Waals surface area contributed by atoms with Crippen molar-refractivity contribution in [2.45, 2.75) is 52.5 Å². The number of hydrogen-bond acceptors (Lipinski definition) is 6. The van der Waals surface area contributed by atoms with Gasteiger partial charge in [-0.1, -0.05) is 20.1 Å². The van der Waals surface area contributed by atoms with Gasteiger partial charge in [-0.2, -0.15) is 0 Å². The summed E-state index contributed by atoms with van der Waals surface area (Å²) in [5, 5.41) is 5.80. The predicted molar refractivity (Wildman–Crippen MR) is 98.3 cm³/mol. The minimum absolute atomic E-state index is 0.0853. The maximum absolute atomic E-state index is 10.8. The normalized spacial score (nSPS) is 12.2. The molecule has 7 heteroatoms. The summed E-state index contributed by atoms with van der Waals surface area (Å²) in [6, 6.07) is -0.0853. The molecule has 0 aromatic rings. The second-order valence-corrected chi connectivity index (χ2v) is 6.01. The highest BCUT2D eigenvalue weighted by Crippen LogP contribution is 2.05. The zero-order valence-electron chi connectivity index (χ0n) is 15.5. The molecule has 0 aromatic heterocycles. The van der Waals surface area contributed by atoms with Crippen LogP contribution in [-0.4, -0.2) is 30.7 Å². The number of Topliss-reactive ketones (excluding diaryl/α,β-unsaturated/α-hetero) is 2. The molecule has 140 valence electrons. The number of quaternary nitrogens is 1. The summed E-state index contributed by atoms with van der Waals surface area (Å²) >= 11 is 0. The lowest BCUT2D eigenvalue weighted by atomic mass is 10.0. The van der Waals surface area contributed by atoms with Crippen LogP contribution in [0.2, 0.25) is 0 Å². The van der Waals surface area contributed by atoms with E-state index in [2.05, 4.69) is 29.5 Å². The van der Waals surface area contributed by atoms with Crippen molar-refractivity contribution in [2.75, 3.05) is 13.1 Å². The van der Waals surface area contributed by atoms with Gasteiger partial charge in [0.2, 0.25) is 0 Å². The molecule has 0 saturated carbocycles. The Bertz CT molecular complexity index is 372. The van der Waals surface area contributed by atoms with Crippen molar-refractivity contribution in [3.05, 3.63) is 24.8 Å². The Balaban J connectivity index is 0. The van der Waals surface area contributed by atoms with E-state index in [9.17, 15) is 9.59 Å². The molecule has 7 nitrogen and oxygen atoms in total. The van der Waals surface area contributed by atoms with Crippen molar-refractivity contribution < 1.29 is 15.3 Å². The van der Waals surface area contributed by atoms with Gasteiger partial charge in [-0.25, -0.2) is 0 Å². The van der Waals surface area contributed by atoms with Crippen LogP contribution in [0, 0.1) is 5.92 Å². The Morgan fingerprint density at radius 2 is 1.38 bits per heavy atom. The molecule has 0 aliphatic heterocycles. The van der Waals surface area contributed by atoms with E-state index in [1.165, 1.54) is 0 Å². The van der Waals surface area contributed by atoms with E-state index in [4.69, 9.17) is 11.5 Å². The fourth-order valence-electron chi connectivity index (χ4n) is 1.66. The van der Waals surface area contributed by atoms with Crippen LogP contribution < -0.4 is 27.8 Å². The lowest BCUT2D eigenvalue weighted by molar-refractivity contribution is -0.404. The monoisotopic (exact) mass is 342 g/mol. The molecule has 0 aromatic carbocycles. The quantitative estimate of drug-likeness (QED) is 0.316. The third kappa shape index (κ3) is 18.0. The molecule has 0 amide bonds. The zero-order valence-corrected chi connectivity index (χ0v) is 15.5. The Labute approximate surface area is 146 Å². The maximum atomic E-state index is 10.8. The molecule has 0 rings (SSSR count). The first-order chi connectivity index (χ1) is 11.1. The Kier molecular flexibility index (Phi) is 14.7. The van der Waals surface area contributed by atoms with Gasteiger partial charge in [-0.15, -0.1) is 0 Å².